The molecule has 2 unspecified atom stereocenters. The van der Waals surface area contributed by atoms with Crippen LogP contribution in [0.15, 0.2) is 29.2 Å². The van der Waals surface area contributed by atoms with Gasteiger partial charge in [-0.2, -0.15) is 0 Å². The number of hydrogen-bond acceptors (Lipinski definition) is 6. The Bertz CT molecular complexity index is 1550. The predicted octanol–water partition coefficient (Wildman–Crippen LogP) is 3.13. The molecule has 41 heavy (non-hydrogen) atoms. The molecule has 8 nitrogen and oxygen atoms in total. The molecule has 1 saturated carbocycles. The van der Waals surface area contributed by atoms with Crippen molar-refractivity contribution in [2.75, 3.05) is 38.2 Å². The van der Waals surface area contributed by atoms with Gasteiger partial charge < -0.3 is 20.2 Å². The van der Waals surface area contributed by atoms with Crippen molar-refractivity contribution in [3.05, 3.63) is 63.5 Å². The number of anilines is 1. The highest BCUT2D eigenvalue weighted by atomic mass is 19.3. The molecule has 3 heterocycles. The number of carbonyl (C=O) groups is 1. The first-order chi connectivity index (χ1) is 19.3. The maximum atomic E-state index is 15.5. The van der Waals surface area contributed by atoms with Crippen LogP contribution in [0.1, 0.15) is 23.2 Å². The fourth-order valence-electron chi connectivity index (χ4n) is 5.04. The van der Waals surface area contributed by atoms with Gasteiger partial charge in [-0.15, -0.1) is 0 Å². The maximum absolute atomic E-state index is 15.5. The van der Waals surface area contributed by atoms with E-state index >= 15 is 8.78 Å². The molecule has 2 aromatic heterocycles. The summed E-state index contributed by atoms with van der Waals surface area (Å²) in [4.78, 5) is 33.7. The minimum atomic E-state index is -3.65. The quantitative estimate of drug-likeness (QED) is 0.326. The Morgan fingerprint density at radius 3 is 2.37 bits per heavy atom. The number of nitrogens with zero attached hydrogens (tertiary/aromatic N) is 4. The highest BCUT2D eigenvalue weighted by molar-refractivity contribution is 5.97. The van der Waals surface area contributed by atoms with Gasteiger partial charge in [0.1, 0.15) is 17.1 Å². The van der Waals surface area contributed by atoms with E-state index in [2.05, 4.69) is 4.98 Å². The van der Waals surface area contributed by atoms with E-state index in [1.54, 1.807) is 7.05 Å². The fourth-order valence-corrected chi connectivity index (χ4v) is 5.04. The minimum absolute atomic E-state index is 0.0497. The summed E-state index contributed by atoms with van der Waals surface area (Å²) in [6, 6.07) is 0.624. The average Bonchev–Trinajstić information content (AvgIpc) is 3.75. The Kier molecular flexibility index (Phi) is 7.44. The molecule has 0 bridgehead atoms. The number of aliphatic hydroxyl groups excluding tert-OH is 1. The summed E-state index contributed by atoms with van der Waals surface area (Å²) in [6.45, 7) is 0.499. The van der Waals surface area contributed by atoms with Crippen molar-refractivity contribution in [1.82, 2.24) is 19.8 Å². The predicted molar refractivity (Wildman–Crippen MR) is 133 cm³/mol. The van der Waals surface area contributed by atoms with Gasteiger partial charge in [-0.3, -0.25) is 14.2 Å². The lowest BCUT2D eigenvalue weighted by molar-refractivity contribution is -0.0671. The van der Waals surface area contributed by atoms with Gasteiger partial charge in [0.05, 0.1) is 18.0 Å². The number of benzene rings is 1. The van der Waals surface area contributed by atoms with Crippen LogP contribution in [0.5, 0.6) is 0 Å². The van der Waals surface area contributed by atoms with E-state index in [1.807, 2.05) is 4.90 Å². The average molecular weight is 587 g/mol. The third-order valence-corrected chi connectivity index (χ3v) is 7.34. The van der Waals surface area contributed by atoms with Crippen molar-refractivity contribution in [1.29, 1.82) is 0 Å². The molecule has 1 aliphatic carbocycles. The van der Waals surface area contributed by atoms with E-state index in [9.17, 15) is 36.6 Å². The van der Waals surface area contributed by atoms with Crippen molar-refractivity contribution in [2.45, 2.75) is 31.1 Å². The number of pyridine rings is 2. The molecular formula is C26H24F7N5O3. The van der Waals surface area contributed by atoms with Gasteiger partial charge in [0.2, 0.25) is 11.2 Å². The van der Waals surface area contributed by atoms with Crippen molar-refractivity contribution >= 4 is 22.8 Å². The first-order valence-corrected chi connectivity index (χ1v) is 12.6. The van der Waals surface area contributed by atoms with E-state index in [0.717, 1.165) is 0 Å². The number of likely N-dealkylation sites (N-methyl/N-ethyl adjacent to an activating group) is 1. The zero-order valence-corrected chi connectivity index (χ0v) is 21.5. The molecule has 0 radical (unpaired) electrons. The number of alkyl halides is 3. The van der Waals surface area contributed by atoms with Gasteiger partial charge in [-0.1, -0.05) is 0 Å². The number of hydrogen-bond donors (Lipinski definition) is 2. The molecule has 2 atom stereocenters. The lowest BCUT2D eigenvalue weighted by atomic mass is 10.1. The number of aliphatic hydroxyl groups is 1. The molecule has 1 amide bonds. The number of nitrogens with one attached hydrogen (secondary N) is 1. The van der Waals surface area contributed by atoms with E-state index in [1.165, 1.54) is 10.2 Å². The van der Waals surface area contributed by atoms with Crippen molar-refractivity contribution in [3.63, 3.8) is 0 Å². The number of carbonyl (C=O) groups excluding carboxylic acids is 1. The van der Waals surface area contributed by atoms with Gasteiger partial charge in [0.15, 0.2) is 28.9 Å². The number of amides is 1. The van der Waals surface area contributed by atoms with Crippen molar-refractivity contribution in [2.24, 2.45) is 5.92 Å². The van der Waals surface area contributed by atoms with Gasteiger partial charge in [0.25, 0.3) is 12.3 Å². The van der Waals surface area contributed by atoms with Crippen LogP contribution in [0, 0.1) is 29.2 Å². The first kappa shape index (κ1) is 28.8. The maximum Gasteiger partial charge on any atom is 0.290 e. The highest BCUT2D eigenvalue weighted by Crippen LogP contribution is 2.44. The molecule has 1 saturated heterocycles. The van der Waals surface area contributed by atoms with E-state index in [4.69, 9.17) is 0 Å². The summed E-state index contributed by atoms with van der Waals surface area (Å²) in [6.07, 6.45) is -3.00. The van der Waals surface area contributed by atoms with Crippen LogP contribution in [-0.4, -0.2) is 77.0 Å². The number of fused-ring (bicyclic) bond motifs is 1. The lowest BCUT2D eigenvalue weighted by Crippen LogP contribution is -2.54. The fraction of sp³-hybridized carbons (Fsp3) is 0.423. The molecule has 2 aliphatic rings. The summed E-state index contributed by atoms with van der Waals surface area (Å²) >= 11 is 0. The standard InChI is InChI=1S/C26H24F7N5O3/c1-36-4-5-37(14(9-36)11-39)23-19(30)8-15-21(40)16(24(41)35-26(33,25(31)32)12-2-3-12)10-38(22(15)34-23)20-17(28)6-13(27)7-18(20)29/h6-8,10,12,14,25,39H,2-5,9,11H2,1H3,(H,35,41). The largest absolute Gasteiger partial charge is 0.394 e. The Balaban J connectivity index is 1.74. The van der Waals surface area contributed by atoms with Crippen molar-refractivity contribution < 1.29 is 40.6 Å². The van der Waals surface area contributed by atoms with Crippen LogP contribution in [0.2, 0.25) is 0 Å². The number of rotatable bonds is 7. The summed E-state index contributed by atoms with van der Waals surface area (Å²) < 4.78 is 102. The van der Waals surface area contributed by atoms with E-state index < -0.39 is 87.7 Å². The number of aromatic nitrogens is 2. The van der Waals surface area contributed by atoms with Crippen LogP contribution in [0.4, 0.5) is 36.6 Å². The second-order valence-corrected chi connectivity index (χ2v) is 10.2. The molecule has 15 heteroatoms. The molecule has 3 aromatic rings. The Hall–Kier alpha value is -3.72. The van der Waals surface area contributed by atoms with Crippen molar-refractivity contribution in [3.8, 4) is 5.69 Å². The first-order valence-electron chi connectivity index (χ1n) is 12.6. The Morgan fingerprint density at radius 1 is 1.12 bits per heavy atom. The molecule has 220 valence electrons. The normalized spacial score (nSPS) is 19.6. The number of halogens is 7. The third kappa shape index (κ3) is 5.12. The van der Waals surface area contributed by atoms with Gasteiger partial charge >= 0.3 is 0 Å². The molecule has 0 spiro atoms. The second-order valence-electron chi connectivity index (χ2n) is 10.2. The monoisotopic (exact) mass is 587 g/mol. The molecule has 2 N–H and O–H groups in total. The smallest absolute Gasteiger partial charge is 0.290 e. The van der Waals surface area contributed by atoms with E-state index in [-0.39, 0.29) is 25.2 Å². The molecule has 1 aromatic carbocycles. The minimum Gasteiger partial charge on any atom is -0.394 e. The number of piperazine rings is 1. The third-order valence-electron chi connectivity index (χ3n) is 7.34. The Labute approximate surface area is 228 Å². The van der Waals surface area contributed by atoms with Crippen LogP contribution in [0.3, 0.4) is 0 Å². The molecule has 2 fully saturated rings. The highest BCUT2D eigenvalue weighted by Gasteiger charge is 2.54. The van der Waals surface area contributed by atoms with Crippen LogP contribution < -0.4 is 15.6 Å². The summed E-state index contributed by atoms with van der Waals surface area (Å²) in [5, 5.41) is 10.7. The summed E-state index contributed by atoms with van der Waals surface area (Å²) in [5.41, 5.74) is -3.90. The van der Waals surface area contributed by atoms with E-state index in [0.29, 0.717) is 42.1 Å². The van der Waals surface area contributed by atoms with Crippen LogP contribution in [-0.2, 0) is 0 Å². The van der Waals surface area contributed by atoms with Crippen LogP contribution in [0.25, 0.3) is 16.7 Å². The zero-order chi connectivity index (χ0) is 29.8. The van der Waals surface area contributed by atoms with Crippen LogP contribution >= 0.6 is 0 Å². The molecule has 1 aliphatic heterocycles. The summed E-state index contributed by atoms with van der Waals surface area (Å²) in [7, 11) is 1.78. The lowest BCUT2D eigenvalue weighted by Gasteiger charge is -2.40. The second kappa shape index (κ2) is 10.6. The van der Waals surface area contributed by atoms with Gasteiger partial charge in [0, 0.05) is 43.9 Å². The van der Waals surface area contributed by atoms with Gasteiger partial charge in [-0.05, 0) is 26.0 Å². The molecule has 5 rings (SSSR count). The topological polar surface area (TPSA) is 90.7 Å². The zero-order valence-electron chi connectivity index (χ0n) is 21.5. The summed E-state index contributed by atoms with van der Waals surface area (Å²) in [5.74, 6) is -12.1. The molecular weight excluding hydrogens is 563 g/mol. The Morgan fingerprint density at radius 2 is 1.78 bits per heavy atom. The SMILES string of the molecule is CN1CCN(c2nc3c(cc2F)c(=O)c(C(=O)NC(F)(C(F)F)C2CC2)cn3-c2c(F)cc(F)cc2F)C(CO)C1. The van der Waals surface area contributed by atoms with Gasteiger partial charge in [-0.25, -0.2) is 35.7 Å².